The van der Waals surface area contributed by atoms with Crippen LogP contribution in [0.1, 0.15) is 6.42 Å². The van der Waals surface area contributed by atoms with Crippen molar-refractivity contribution in [3.63, 3.8) is 0 Å². The lowest BCUT2D eigenvalue weighted by Gasteiger charge is -2.11. The molecule has 17 heavy (non-hydrogen) atoms. The first-order valence-corrected chi connectivity index (χ1v) is 6.95. The van der Waals surface area contributed by atoms with Gasteiger partial charge in [-0.1, -0.05) is 11.6 Å². The first-order valence-electron chi connectivity index (χ1n) is 5.42. The number of hydrogen-bond donors (Lipinski definition) is 1. The smallest absolute Gasteiger partial charge is 0.288 e. The number of thioether (sulfide) groups is 1. The molecule has 1 aromatic rings. The predicted molar refractivity (Wildman–Crippen MR) is 72.0 cm³/mol. The molecule has 1 heterocycles. The predicted octanol–water partition coefficient (Wildman–Crippen LogP) is 3.41. The maximum atomic E-state index is 10.6. The van der Waals surface area contributed by atoms with Crippen LogP contribution < -0.4 is 5.32 Å². The molecule has 92 valence electrons. The van der Waals surface area contributed by atoms with Gasteiger partial charge in [0.15, 0.2) is 0 Å². The van der Waals surface area contributed by atoms with Gasteiger partial charge in [0.2, 0.25) is 0 Å². The van der Waals surface area contributed by atoms with Crippen molar-refractivity contribution in [2.45, 2.75) is 6.42 Å². The Morgan fingerprint density at radius 2 is 2.41 bits per heavy atom. The van der Waals surface area contributed by atoms with Crippen molar-refractivity contribution in [3.8, 4) is 0 Å². The zero-order valence-electron chi connectivity index (χ0n) is 9.19. The summed E-state index contributed by atoms with van der Waals surface area (Å²) in [6.07, 6.45) is 1.23. The Hall–Kier alpha value is -0.940. The van der Waals surface area contributed by atoms with E-state index in [-0.39, 0.29) is 10.7 Å². The van der Waals surface area contributed by atoms with Crippen molar-refractivity contribution in [2.24, 2.45) is 5.92 Å². The van der Waals surface area contributed by atoms with Crippen LogP contribution in [-0.4, -0.2) is 23.0 Å². The SMILES string of the molecule is O=[N+]([O-])c1ccc(NCC2CCSC2)cc1Cl. The van der Waals surface area contributed by atoms with E-state index in [9.17, 15) is 10.1 Å². The average Bonchev–Trinajstić information content (AvgIpc) is 2.78. The van der Waals surface area contributed by atoms with E-state index in [2.05, 4.69) is 5.32 Å². The van der Waals surface area contributed by atoms with Crippen LogP contribution in [0.5, 0.6) is 0 Å². The van der Waals surface area contributed by atoms with Crippen molar-refractivity contribution >= 4 is 34.7 Å². The molecule has 2 rings (SSSR count). The number of nitrogens with zero attached hydrogens (tertiary/aromatic N) is 1. The Bertz CT molecular complexity index is 422. The molecule has 0 aliphatic carbocycles. The zero-order valence-corrected chi connectivity index (χ0v) is 10.8. The third-order valence-corrected chi connectivity index (χ3v) is 4.30. The molecule has 1 atom stereocenters. The quantitative estimate of drug-likeness (QED) is 0.674. The maximum Gasteiger partial charge on any atom is 0.288 e. The highest BCUT2D eigenvalue weighted by molar-refractivity contribution is 7.99. The molecule has 1 unspecified atom stereocenters. The lowest BCUT2D eigenvalue weighted by atomic mass is 10.1. The molecule has 1 fully saturated rings. The van der Waals surface area contributed by atoms with Gasteiger partial charge in [-0.25, -0.2) is 0 Å². The minimum atomic E-state index is -0.472. The molecule has 0 spiro atoms. The van der Waals surface area contributed by atoms with Crippen molar-refractivity contribution in [2.75, 3.05) is 23.4 Å². The van der Waals surface area contributed by atoms with Gasteiger partial charge in [-0.2, -0.15) is 11.8 Å². The van der Waals surface area contributed by atoms with Gasteiger partial charge in [-0.15, -0.1) is 0 Å². The Balaban J connectivity index is 1.97. The van der Waals surface area contributed by atoms with E-state index in [1.165, 1.54) is 24.0 Å². The standard InChI is InChI=1S/C11H13ClN2O2S/c12-10-5-9(1-2-11(10)14(15)16)13-6-8-3-4-17-7-8/h1-2,5,8,13H,3-4,6-7H2. The number of nitrogens with one attached hydrogen (secondary N) is 1. The van der Waals surface area contributed by atoms with E-state index in [1.54, 1.807) is 12.1 Å². The molecule has 0 bridgehead atoms. The third kappa shape index (κ3) is 3.26. The Labute approximate surface area is 109 Å². The second-order valence-corrected chi connectivity index (χ2v) is 5.59. The van der Waals surface area contributed by atoms with Gasteiger partial charge < -0.3 is 5.32 Å². The Kier molecular flexibility index (Phi) is 4.12. The number of halogens is 1. The van der Waals surface area contributed by atoms with Gasteiger partial charge in [0.1, 0.15) is 5.02 Å². The summed E-state index contributed by atoms with van der Waals surface area (Å²) in [5.74, 6) is 3.11. The molecule has 1 aliphatic heterocycles. The summed E-state index contributed by atoms with van der Waals surface area (Å²) < 4.78 is 0. The molecule has 0 radical (unpaired) electrons. The van der Waals surface area contributed by atoms with Crippen LogP contribution in [0.3, 0.4) is 0 Å². The van der Waals surface area contributed by atoms with Crippen molar-refractivity contribution in [3.05, 3.63) is 33.3 Å². The van der Waals surface area contributed by atoms with Crippen molar-refractivity contribution in [1.82, 2.24) is 0 Å². The summed E-state index contributed by atoms with van der Waals surface area (Å²) in [4.78, 5) is 10.1. The van der Waals surface area contributed by atoms with Gasteiger partial charge in [0, 0.05) is 18.3 Å². The highest BCUT2D eigenvalue weighted by Crippen LogP contribution is 2.28. The van der Waals surface area contributed by atoms with Crippen LogP contribution in [0.25, 0.3) is 0 Å². The molecule has 0 amide bonds. The number of anilines is 1. The maximum absolute atomic E-state index is 10.6. The van der Waals surface area contributed by atoms with Crippen LogP contribution in [0.4, 0.5) is 11.4 Å². The number of nitro benzene ring substituents is 1. The normalized spacial score (nSPS) is 19.2. The summed E-state index contributed by atoms with van der Waals surface area (Å²) in [5, 5.41) is 14.1. The Morgan fingerprint density at radius 1 is 1.59 bits per heavy atom. The fourth-order valence-electron chi connectivity index (χ4n) is 1.77. The van der Waals surface area contributed by atoms with Crippen molar-refractivity contribution < 1.29 is 4.92 Å². The molecular formula is C11H13ClN2O2S. The molecule has 0 saturated carbocycles. The number of rotatable bonds is 4. The van der Waals surface area contributed by atoms with Crippen LogP contribution in [0.15, 0.2) is 18.2 Å². The van der Waals surface area contributed by atoms with Gasteiger partial charge in [-0.3, -0.25) is 10.1 Å². The first kappa shape index (κ1) is 12.5. The zero-order chi connectivity index (χ0) is 12.3. The first-order chi connectivity index (χ1) is 8.16. The summed E-state index contributed by atoms with van der Waals surface area (Å²) in [6, 6.07) is 4.75. The number of nitro groups is 1. The van der Waals surface area contributed by atoms with Crippen LogP contribution in [-0.2, 0) is 0 Å². The third-order valence-electron chi connectivity index (χ3n) is 2.76. The lowest BCUT2D eigenvalue weighted by Crippen LogP contribution is -2.13. The minimum absolute atomic E-state index is 0.0476. The van der Waals surface area contributed by atoms with Crippen LogP contribution in [0.2, 0.25) is 5.02 Å². The van der Waals surface area contributed by atoms with Crippen molar-refractivity contribution in [1.29, 1.82) is 0 Å². The second kappa shape index (κ2) is 5.60. The molecule has 1 aromatic carbocycles. The summed E-state index contributed by atoms with van der Waals surface area (Å²) in [7, 11) is 0. The van der Waals surface area contributed by atoms with E-state index < -0.39 is 4.92 Å². The van der Waals surface area contributed by atoms with E-state index >= 15 is 0 Å². The summed E-state index contributed by atoms with van der Waals surface area (Å²) >= 11 is 7.81. The largest absolute Gasteiger partial charge is 0.385 e. The highest BCUT2D eigenvalue weighted by Gasteiger charge is 2.16. The van der Waals surface area contributed by atoms with E-state index in [1.807, 2.05) is 11.8 Å². The highest BCUT2D eigenvalue weighted by atomic mass is 35.5. The van der Waals surface area contributed by atoms with Gasteiger partial charge in [-0.05, 0) is 36.0 Å². The number of benzene rings is 1. The lowest BCUT2D eigenvalue weighted by molar-refractivity contribution is -0.384. The molecule has 1 aliphatic rings. The number of hydrogen-bond acceptors (Lipinski definition) is 4. The summed E-state index contributed by atoms with van der Waals surface area (Å²) in [5.41, 5.74) is 0.797. The minimum Gasteiger partial charge on any atom is -0.385 e. The average molecular weight is 273 g/mol. The fourth-order valence-corrected chi connectivity index (χ4v) is 3.31. The fraction of sp³-hybridized carbons (Fsp3) is 0.455. The van der Waals surface area contributed by atoms with Gasteiger partial charge in [0.05, 0.1) is 4.92 Å². The van der Waals surface area contributed by atoms with Crippen LogP contribution in [0, 0.1) is 16.0 Å². The van der Waals surface area contributed by atoms with E-state index in [0.29, 0.717) is 5.92 Å². The van der Waals surface area contributed by atoms with Gasteiger partial charge >= 0.3 is 0 Å². The molecule has 0 aromatic heterocycles. The molecule has 1 N–H and O–H groups in total. The summed E-state index contributed by atoms with van der Waals surface area (Å²) in [6.45, 7) is 0.904. The second-order valence-electron chi connectivity index (χ2n) is 4.03. The Morgan fingerprint density at radius 3 is 3.00 bits per heavy atom. The topological polar surface area (TPSA) is 55.2 Å². The van der Waals surface area contributed by atoms with E-state index in [4.69, 9.17) is 11.6 Å². The van der Waals surface area contributed by atoms with Crippen LogP contribution >= 0.6 is 23.4 Å². The van der Waals surface area contributed by atoms with E-state index in [0.717, 1.165) is 12.2 Å². The van der Waals surface area contributed by atoms with Gasteiger partial charge in [0.25, 0.3) is 5.69 Å². The molecule has 4 nitrogen and oxygen atoms in total. The molecule has 1 saturated heterocycles. The monoisotopic (exact) mass is 272 g/mol. The molecular weight excluding hydrogens is 260 g/mol. The molecule has 6 heteroatoms.